The molecule has 0 aliphatic rings. The molecule has 0 aliphatic heterocycles. The lowest BCUT2D eigenvalue weighted by atomic mass is 10.2. The summed E-state index contributed by atoms with van der Waals surface area (Å²) < 4.78 is 7.68. The highest BCUT2D eigenvalue weighted by Crippen LogP contribution is 2.28. The van der Waals surface area contributed by atoms with Gasteiger partial charge in [0.05, 0.1) is 29.5 Å². The van der Waals surface area contributed by atoms with Gasteiger partial charge in [-0.3, -0.25) is 9.36 Å². The van der Waals surface area contributed by atoms with Crippen molar-refractivity contribution in [3.63, 3.8) is 0 Å². The second-order valence-corrected chi connectivity index (χ2v) is 7.70. The van der Waals surface area contributed by atoms with Crippen LogP contribution < -0.4 is 10.9 Å². The Balaban J connectivity index is 1.45. The minimum atomic E-state index is -0.0377. The highest BCUT2D eigenvalue weighted by atomic mass is 32.2. The van der Waals surface area contributed by atoms with Gasteiger partial charge < -0.3 is 9.73 Å². The molecule has 7 nitrogen and oxygen atoms in total. The van der Waals surface area contributed by atoms with E-state index in [2.05, 4.69) is 20.5 Å². The van der Waals surface area contributed by atoms with Crippen LogP contribution in [0.3, 0.4) is 0 Å². The molecule has 0 saturated carbocycles. The molecule has 0 spiro atoms. The molecule has 26 heavy (non-hydrogen) atoms. The first-order chi connectivity index (χ1) is 12.7. The normalized spacial score (nSPS) is 11.1. The van der Waals surface area contributed by atoms with Crippen LogP contribution >= 0.6 is 23.1 Å². The van der Waals surface area contributed by atoms with Gasteiger partial charge in [0.25, 0.3) is 5.56 Å². The van der Waals surface area contributed by atoms with Crippen LogP contribution in [-0.2, 0) is 19.3 Å². The van der Waals surface area contributed by atoms with Crippen molar-refractivity contribution in [1.82, 2.24) is 19.7 Å². The first-order valence-corrected chi connectivity index (χ1v) is 9.68. The molecule has 3 heterocycles. The van der Waals surface area contributed by atoms with Crippen molar-refractivity contribution in [3.8, 4) is 0 Å². The van der Waals surface area contributed by atoms with Crippen LogP contribution in [0, 0.1) is 0 Å². The van der Waals surface area contributed by atoms with Gasteiger partial charge in [-0.1, -0.05) is 35.2 Å². The molecule has 1 aromatic carbocycles. The fraction of sp³-hybridized carbons (Fsp3) is 0.176. The van der Waals surface area contributed by atoms with Gasteiger partial charge in [0, 0.05) is 7.05 Å². The first kappa shape index (κ1) is 16.8. The smallest absolute Gasteiger partial charge is 0.261 e. The fourth-order valence-corrected chi connectivity index (χ4v) is 4.17. The summed E-state index contributed by atoms with van der Waals surface area (Å²) in [5, 5.41) is 12.8. The van der Waals surface area contributed by atoms with Crippen molar-refractivity contribution in [2.75, 3.05) is 5.32 Å². The van der Waals surface area contributed by atoms with E-state index >= 15 is 0 Å². The molecule has 9 heteroatoms. The molecule has 4 rings (SSSR count). The summed E-state index contributed by atoms with van der Waals surface area (Å²) in [7, 11) is 1.74. The molecule has 0 atom stereocenters. The number of aromatic nitrogens is 4. The van der Waals surface area contributed by atoms with Gasteiger partial charge in [0.1, 0.15) is 11.6 Å². The molecule has 0 bridgehead atoms. The predicted molar refractivity (Wildman–Crippen MR) is 102 cm³/mol. The second kappa shape index (κ2) is 7.30. The largest absolute Gasteiger partial charge is 0.467 e. The van der Waals surface area contributed by atoms with E-state index in [1.54, 1.807) is 23.9 Å². The minimum Gasteiger partial charge on any atom is -0.467 e. The third kappa shape index (κ3) is 3.49. The molecule has 4 aromatic rings. The maximum Gasteiger partial charge on any atom is 0.261 e. The molecule has 0 radical (unpaired) electrons. The number of nitrogens with zero attached hydrogens (tertiary/aromatic N) is 4. The Morgan fingerprint density at radius 1 is 1.23 bits per heavy atom. The molecular formula is C17H15N5O2S2. The molecule has 0 saturated heterocycles. The zero-order chi connectivity index (χ0) is 17.9. The average Bonchev–Trinajstić information content (AvgIpc) is 3.33. The lowest BCUT2D eigenvalue weighted by Crippen LogP contribution is -2.21. The number of furan rings is 1. The summed E-state index contributed by atoms with van der Waals surface area (Å²) in [5.41, 5.74) is 0.675. The molecule has 0 fully saturated rings. The van der Waals surface area contributed by atoms with Crippen LogP contribution in [0.2, 0.25) is 0 Å². The summed E-state index contributed by atoms with van der Waals surface area (Å²) in [6.45, 7) is 0.563. The quantitative estimate of drug-likeness (QED) is 0.510. The molecule has 0 aliphatic carbocycles. The molecule has 1 N–H and O–H groups in total. The zero-order valence-corrected chi connectivity index (χ0v) is 15.5. The van der Waals surface area contributed by atoms with Gasteiger partial charge >= 0.3 is 0 Å². The predicted octanol–water partition coefficient (Wildman–Crippen LogP) is 3.28. The van der Waals surface area contributed by atoms with E-state index in [1.165, 1.54) is 23.1 Å². The second-order valence-electron chi connectivity index (χ2n) is 5.50. The maximum absolute atomic E-state index is 12.4. The van der Waals surface area contributed by atoms with Crippen molar-refractivity contribution >= 4 is 39.1 Å². The van der Waals surface area contributed by atoms with Crippen LogP contribution in [-0.4, -0.2) is 19.7 Å². The lowest BCUT2D eigenvalue weighted by molar-refractivity contribution is 0.518. The molecular weight excluding hydrogens is 370 g/mol. The number of benzene rings is 1. The van der Waals surface area contributed by atoms with Crippen molar-refractivity contribution in [3.05, 3.63) is 64.6 Å². The van der Waals surface area contributed by atoms with E-state index in [4.69, 9.17) is 4.42 Å². The van der Waals surface area contributed by atoms with Crippen molar-refractivity contribution in [1.29, 1.82) is 0 Å². The highest BCUT2D eigenvalue weighted by Gasteiger charge is 2.11. The summed E-state index contributed by atoms with van der Waals surface area (Å²) in [6.07, 6.45) is 1.64. The van der Waals surface area contributed by atoms with Gasteiger partial charge in [-0.05, 0) is 24.3 Å². The van der Waals surface area contributed by atoms with Crippen molar-refractivity contribution < 1.29 is 4.42 Å². The number of para-hydroxylation sites is 1. The number of rotatable bonds is 6. The number of fused-ring (bicyclic) bond motifs is 1. The summed E-state index contributed by atoms with van der Waals surface area (Å²) in [5.74, 6) is 2.09. The average molecular weight is 385 g/mol. The van der Waals surface area contributed by atoms with Crippen LogP contribution in [0.25, 0.3) is 10.9 Å². The monoisotopic (exact) mass is 385 g/mol. The molecule has 132 valence electrons. The molecule has 0 unspecified atom stereocenters. The Morgan fingerprint density at radius 3 is 2.96 bits per heavy atom. The number of anilines is 1. The van der Waals surface area contributed by atoms with E-state index in [9.17, 15) is 4.79 Å². The molecule has 3 aromatic heterocycles. The Hall–Kier alpha value is -2.65. The number of hydrogen-bond donors (Lipinski definition) is 1. The number of nitrogens with one attached hydrogen (secondary N) is 1. The Labute approximate surface area is 157 Å². The van der Waals surface area contributed by atoms with Crippen LogP contribution in [0.1, 0.15) is 11.6 Å². The maximum atomic E-state index is 12.4. The van der Waals surface area contributed by atoms with E-state index < -0.39 is 0 Å². The number of hydrogen-bond acceptors (Lipinski definition) is 8. The third-order valence-electron chi connectivity index (χ3n) is 3.80. The lowest BCUT2D eigenvalue weighted by Gasteiger charge is -2.07. The molecule has 0 amide bonds. The standard InChI is InChI=1S/C17H15N5O2S2/c1-22-14(19-13-7-3-2-6-12(13)15(22)23)10-25-17-21-20-16(26-17)18-9-11-5-4-8-24-11/h2-8H,9-10H2,1H3,(H,18,20). The SMILES string of the molecule is Cn1c(CSc2nnc(NCc3ccco3)s2)nc2ccccc2c1=O. The zero-order valence-electron chi connectivity index (χ0n) is 13.9. The third-order valence-corrected chi connectivity index (χ3v) is 5.81. The Bertz CT molecular complexity index is 1090. The van der Waals surface area contributed by atoms with E-state index in [-0.39, 0.29) is 5.56 Å². The van der Waals surface area contributed by atoms with Crippen LogP contribution in [0.15, 0.2) is 56.2 Å². The van der Waals surface area contributed by atoms with Crippen LogP contribution in [0.4, 0.5) is 5.13 Å². The number of thioether (sulfide) groups is 1. The van der Waals surface area contributed by atoms with Gasteiger partial charge in [0.15, 0.2) is 4.34 Å². The Kier molecular flexibility index (Phi) is 4.72. The summed E-state index contributed by atoms with van der Waals surface area (Å²) in [4.78, 5) is 17.0. The van der Waals surface area contributed by atoms with Crippen molar-refractivity contribution in [2.24, 2.45) is 7.05 Å². The van der Waals surface area contributed by atoms with Gasteiger partial charge in [-0.25, -0.2) is 4.98 Å². The first-order valence-electron chi connectivity index (χ1n) is 7.88. The summed E-state index contributed by atoms with van der Waals surface area (Å²) >= 11 is 2.97. The van der Waals surface area contributed by atoms with Gasteiger partial charge in [0.2, 0.25) is 5.13 Å². The van der Waals surface area contributed by atoms with E-state index in [0.717, 1.165) is 15.2 Å². The van der Waals surface area contributed by atoms with Crippen molar-refractivity contribution in [2.45, 2.75) is 16.6 Å². The van der Waals surface area contributed by atoms with Gasteiger partial charge in [-0.2, -0.15) is 0 Å². The topological polar surface area (TPSA) is 85.8 Å². The fourth-order valence-electron chi connectivity index (χ4n) is 2.43. The Morgan fingerprint density at radius 2 is 2.12 bits per heavy atom. The summed E-state index contributed by atoms with van der Waals surface area (Å²) in [6, 6.07) is 11.1. The highest BCUT2D eigenvalue weighted by molar-refractivity contribution is 8.00. The van der Waals surface area contributed by atoms with Gasteiger partial charge in [-0.15, -0.1) is 10.2 Å². The minimum absolute atomic E-state index is 0.0377. The van der Waals surface area contributed by atoms with E-state index in [1.807, 2.05) is 30.3 Å². The van der Waals surface area contributed by atoms with E-state index in [0.29, 0.717) is 29.0 Å². The van der Waals surface area contributed by atoms with Crippen LogP contribution in [0.5, 0.6) is 0 Å².